The third-order valence-corrected chi connectivity index (χ3v) is 0. The van der Waals surface area contributed by atoms with Crippen molar-refractivity contribution in [2.45, 2.75) is 0 Å². The molecule has 0 saturated heterocycles. The molecule has 0 bridgehead atoms. The summed E-state index contributed by atoms with van der Waals surface area (Å²) in [5, 5.41) is 443. The van der Waals surface area contributed by atoms with E-state index in [4.69, 9.17) is 490 Å². The molecule has 0 radical (unpaired) electrons. The van der Waals surface area contributed by atoms with E-state index in [1.165, 1.54) is 0 Å². The zero-order valence-electron chi connectivity index (χ0n) is 56.6. The Bertz CT molecular complexity index is 1820. The maximum Gasteiger partial charge on any atom is 2.00 e. The van der Waals surface area contributed by atoms with Crippen LogP contribution in [0.15, 0.2) is 0 Å². The van der Waals surface area contributed by atoms with E-state index in [9.17, 15) is 0 Å². The van der Waals surface area contributed by atoms with E-state index in [2.05, 4.69) is 0 Å². The van der Waals surface area contributed by atoms with Crippen LogP contribution in [-0.4, -0.2) is 298 Å². The topological polar surface area (TPSA) is 2040 Å². The summed E-state index contributed by atoms with van der Waals surface area (Å²) in [4.78, 5) is 267. The number of hydrogen-bond donors (Lipinski definition) is 26. The maximum atomic E-state index is 8.36. The first-order chi connectivity index (χ1) is 55.4. The molecule has 0 heterocycles. The molecule has 128 nitrogen and oxygen atoms in total. The minimum Gasteiger partial charge on any atom is -0.356 e. The first kappa shape index (κ1) is 232. The van der Waals surface area contributed by atoms with E-state index in [1.807, 2.05) is 0 Å². The Hall–Kier alpha value is -23.7. The van der Waals surface area contributed by atoms with E-state index in [0.717, 1.165) is 0 Å². The predicted octanol–water partition coefficient (Wildman–Crippen LogP) is -10.5. The molecule has 26 N–H and O–H groups in total. The van der Waals surface area contributed by atoms with Crippen molar-refractivity contribution in [2.24, 2.45) is 0 Å². The van der Waals surface area contributed by atoms with Crippen LogP contribution in [-0.2, 0) is 58.4 Å². The molecular formula is H26N32O96Zn3. The van der Waals surface area contributed by atoms with Crippen molar-refractivity contribution in [3.05, 3.63) is 355 Å². The molecule has 0 aromatic rings. The molecule has 0 atom stereocenters. The largest absolute Gasteiger partial charge is 2.00 e. The predicted molar refractivity (Wildman–Crippen MR) is 290 cm³/mol. The number of rotatable bonds is 0. The number of hydrogen-bond acceptors (Lipinski definition) is 70. The van der Waals surface area contributed by atoms with Gasteiger partial charge < -0.3 is 227 Å². The Labute approximate surface area is 711 Å². The fraction of sp³-hybridized carbons (Fsp3) is 0. The molecule has 131 heteroatoms. The fourth-order valence-corrected chi connectivity index (χ4v) is 0. The minimum absolute atomic E-state index is 0. The summed E-state index contributed by atoms with van der Waals surface area (Å²) in [5.74, 6) is 0. The van der Waals surface area contributed by atoms with Gasteiger partial charge in [-0.05, 0) is 0 Å². The van der Waals surface area contributed by atoms with Gasteiger partial charge in [0.05, 0.1) is 30.5 Å². The van der Waals surface area contributed by atoms with Gasteiger partial charge in [0, 0.05) is 0 Å². The van der Waals surface area contributed by atoms with Crippen LogP contribution in [0.5, 0.6) is 0 Å². The van der Waals surface area contributed by atoms with Crippen LogP contribution in [0.2, 0.25) is 0 Å². The summed E-state index contributed by atoms with van der Waals surface area (Å²) in [6.45, 7) is 0. The van der Waals surface area contributed by atoms with Gasteiger partial charge in [-0.1, -0.05) is 0 Å². The summed E-state index contributed by atoms with van der Waals surface area (Å²) < 4.78 is 0. The molecular weight excluding hydrogens is 2180 g/mol. The molecule has 0 rings (SSSR count). The number of nitrogens with zero attached hydrogens (tertiary/aromatic N) is 32. The van der Waals surface area contributed by atoms with Crippen molar-refractivity contribution >= 4 is 0 Å². The van der Waals surface area contributed by atoms with Gasteiger partial charge >= 0.3 is 58.4 Å². The van der Waals surface area contributed by atoms with E-state index in [-0.39, 0.29) is 58.4 Å². The smallest absolute Gasteiger partial charge is 0.356 e. The van der Waals surface area contributed by atoms with Crippen molar-refractivity contribution < 1.29 is 357 Å². The standard InChI is InChI=1S/26HNO3.6NO3.3Zn/c32*2-1(3)4;;;/h26*(H,2,3,4);;;;;;;;;/q;;;;;;;;;;;;;;;;;;;;;;;;;;6*-1;3*+2. The molecule has 0 spiro atoms. The average molecular weight is 2210 g/mol. The van der Waals surface area contributed by atoms with Crippen LogP contribution in [0.4, 0.5) is 0 Å². The first-order valence-corrected chi connectivity index (χ1v) is 18.0. The molecule has 0 aliphatic rings. The SMILES string of the molecule is O=[N+]([O-])O.O=[N+]([O-])O.O=[N+]([O-])O.O=[N+]([O-])O.O=[N+]([O-])O.O=[N+]([O-])O.O=[N+]([O-])O.O=[N+]([O-])O.O=[N+]([O-])O.O=[N+]([O-])O.O=[N+]([O-])O.O=[N+]([O-])O.O=[N+]([O-])O.O=[N+]([O-])O.O=[N+]([O-])O.O=[N+]([O-])O.O=[N+]([O-])O.O=[N+]([O-])O.O=[N+]([O-])O.O=[N+]([O-])O.O=[N+]([O-])O.O=[N+]([O-])O.O=[N+]([O-])O.O=[N+]([O-])O.O=[N+]([O-])O.O=[N+]([O-])O.O=[N+]([O-])[O-].O=[N+]([O-])[O-].O=[N+]([O-])[O-].O=[N+]([O-])[O-].O=[N+]([O-])[O-].O=[N+]([O-])[O-].[Zn+2].[Zn+2].[Zn+2]. The van der Waals surface area contributed by atoms with Crippen molar-refractivity contribution in [3.63, 3.8) is 0 Å². The van der Waals surface area contributed by atoms with Crippen LogP contribution in [0.25, 0.3) is 0 Å². The summed E-state index contributed by atoms with van der Waals surface area (Å²) >= 11 is 0. The van der Waals surface area contributed by atoms with E-state index in [0.29, 0.717) is 0 Å². The van der Waals surface area contributed by atoms with Gasteiger partial charge in [-0.2, -0.15) is 0 Å². The summed E-state index contributed by atoms with van der Waals surface area (Å²) in [7, 11) is 0. The molecule has 0 aliphatic carbocycles. The van der Waals surface area contributed by atoms with E-state index in [1.54, 1.807) is 0 Å². The van der Waals surface area contributed by atoms with Crippen LogP contribution in [0, 0.1) is 355 Å². The van der Waals surface area contributed by atoms with Gasteiger partial charge in [0.2, 0.25) is 0 Å². The average Bonchev–Trinajstić information content (AvgIpc) is 3.33. The van der Waals surface area contributed by atoms with E-state index < -0.39 is 163 Å². The summed E-state index contributed by atoms with van der Waals surface area (Å²) in [6.07, 6.45) is 0. The molecule has 0 aromatic carbocycles. The Morgan fingerprint density at radius 1 is 0.0763 bits per heavy atom. The molecule has 0 amide bonds. The Morgan fingerprint density at radius 3 is 0.0763 bits per heavy atom. The van der Waals surface area contributed by atoms with Gasteiger partial charge in [-0.15, -0.1) is 263 Å². The summed E-state index contributed by atoms with van der Waals surface area (Å²) in [6, 6.07) is 0. The van der Waals surface area contributed by atoms with Crippen LogP contribution < -0.4 is 0 Å². The molecule has 0 aromatic heterocycles. The Balaban J connectivity index is -0.0000000220. The van der Waals surface area contributed by atoms with Gasteiger partial charge in [0.15, 0.2) is 0 Å². The van der Waals surface area contributed by atoms with Gasteiger partial charge in [-0.3, -0.25) is 0 Å². The second-order valence-electron chi connectivity index (χ2n) is 7.53. The van der Waals surface area contributed by atoms with Gasteiger partial charge in [0.25, 0.3) is 132 Å². The fourth-order valence-electron chi connectivity index (χ4n) is 0. The van der Waals surface area contributed by atoms with Gasteiger partial charge in [0.1, 0.15) is 0 Å². The monoisotopic (exact) mass is 2200 g/mol. The Morgan fingerprint density at radius 2 is 0.0763 bits per heavy atom. The first-order valence-electron chi connectivity index (χ1n) is 18.0. The molecule has 0 saturated carbocycles. The Kier molecular flexibility index (Phi) is 399. The second kappa shape index (κ2) is 225. The third-order valence-electron chi connectivity index (χ3n) is 0. The minimum atomic E-state index is -1.75. The zero-order chi connectivity index (χ0) is 114. The van der Waals surface area contributed by atoms with Crippen molar-refractivity contribution in [2.75, 3.05) is 0 Å². The maximum absolute atomic E-state index is 8.36. The normalized spacial score (nSPS) is 5.86. The zero-order valence-corrected chi connectivity index (χ0v) is 65.5. The molecule has 131 heavy (non-hydrogen) atoms. The van der Waals surface area contributed by atoms with E-state index >= 15 is 0 Å². The van der Waals surface area contributed by atoms with Crippen LogP contribution in [0.3, 0.4) is 0 Å². The third kappa shape index (κ3) is 2050. The quantitative estimate of drug-likeness (QED) is 0.0608. The molecule has 0 aliphatic heterocycles. The molecule has 768 valence electrons. The summed E-state index contributed by atoms with van der Waals surface area (Å²) in [5.41, 5.74) is 0. The van der Waals surface area contributed by atoms with Crippen molar-refractivity contribution in [1.82, 2.24) is 0 Å². The van der Waals surface area contributed by atoms with Crippen molar-refractivity contribution in [1.29, 1.82) is 0 Å². The molecule has 0 fully saturated rings. The van der Waals surface area contributed by atoms with Crippen LogP contribution in [0.1, 0.15) is 0 Å². The molecule has 0 unspecified atom stereocenters. The van der Waals surface area contributed by atoms with Crippen LogP contribution >= 0.6 is 0 Å². The second-order valence-corrected chi connectivity index (χ2v) is 7.53. The van der Waals surface area contributed by atoms with Gasteiger partial charge in [-0.25, -0.2) is 0 Å². The van der Waals surface area contributed by atoms with Crippen molar-refractivity contribution in [3.8, 4) is 0 Å².